The highest BCUT2D eigenvalue weighted by molar-refractivity contribution is 6.29. The number of halogens is 5. The minimum Gasteiger partial charge on any atom is -0.469 e. The quantitative estimate of drug-likeness (QED) is 0.642. The number of piperidine rings is 1. The van der Waals surface area contributed by atoms with Gasteiger partial charge in [-0.1, -0.05) is 23.7 Å². The number of nitrogens with zero attached hydrogens (tertiary/aromatic N) is 3. The fourth-order valence-electron chi connectivity index (χ4n) is 3.10. The average Bonchev–Trinajstić information content (AvgIpc) is 2.70. The Labute approximate surface area is 184 Å². The number of hydrogen-bond donors (Lipinski definition) is 1. The largest absolute Gasteiger partial charge is 0.573 e. The van der Waals surface area contributed by atoms with Crippen LogP contribution in [-0.2, 0) is 11.2 Å². The third-order valence-electron chi connectivity index (χ3n) is 4.61. The van der Waals surface area contributed by atoms with E-state index in [1.165, 1.54) is 17.0 Å². The predicted molar refractivity (Wildman–Crippen MR) is 103 cm³/mol. The number of carbonyl (C=O) groups is 2. The normalized spacial score (nSPS) is 18.8. The highest BCUT2D eigenvalue weighted by atomic mass is 35.5. The first-order valence-corrected chi connectivity index (χ1v) is 9.66. The van der Waals surface area contributed by atoms with Gasteiger partial charge in [0.2, 0.25) is 11.8 Å². The molecule has 1 aromatic heterocycles. The molecule has 0 spiro atoms. The molecule has 2 heterocycles. The Balaban J connectivity index is 1.57. The van der Waals surface area contributed by atoms with Crippen LogP contribution in [-0.4, -0.2) is 58.6 Å². The van der Waals surface area contributed by atoms with Gasteiger partial charge in [0.05, 0.1) is 13.0 Å². The zero-order valence-electron chi connectivity index (χ0n) is 16.3. The van der Waals surface area contributed by atoms with Gasteiger partial charge >= 0.3 is 6.36 Å². The van der Waals surface area contributed by atoms with Gasteiger partial charge in [0.1, 0.15) is 17.4 Å². The molecular weight excluding hydrogens is 460 g/mol. The van der Waals surface area contributed by atoms with E-state index in [1.807, 2.05) is 0 Å². The summed E-state index contributed by atoms with van der Waals surface area (Å²) in [6, 6.07) is 6.00. The number of alkyl halides is 4. The van der Waals surface area contributed by atoms with E-state index >= 15 is 0 Å². The lowest BCUT2D eigenvalue weighted by molar-refractivity contribution is -0.274. The molecule has 1 fully saturated rings. The molecule has 2 aromatic rings. The SMILES string of the molecule is NC(=O)c1cc(Cl)nnc1O[C@@H]1CCN(C(=O)Cc2ccc(OC(F)(F)F)cc2)C[C@H]1F. The summed E-state index contributed by atoms with van der Waals surface area (Å²) in [7, 11) is 0. The van der Waals surface area contributed by atoms with Crippen LogP contribution in [0.3, 0.4) is 0 Å². The van der Waals surface area contributed by atoms with Gasteiger partial charge in [-0.2, -0.15) is 0 Å². The van der Waals surface area contributed by atoms with Gasteiger partial charge in [0.15, 0.2) is 11.3 Å². The van der Waals surface area contributed by atoms with E-state index in [-0.39, 0.29) is 42.5 Å². The van der Waals surface area contributed by atoms with Gasteiger partial charge in [-0.05, 0) is 23.8 Å². The maximum atomic E-state index is 14.7. The molecule has 0 unspecified atom stereocenters. The van der Waals surface area contributed by atoms with Gasteiger partial charge in [0, 0.05) is 13.0 Å². The number of ether oxygens (including phenoxy) is 2. The van der Waals surface area contributed by atoms with Crippen LogP contribution in [0.1, 0.15) is 22.3 Å². The summed E-state index contributed by atoms with van der Waals surface area (Å²) in [6.45, 7) is -0.113. The maximum Gasteiger partial charge on any atom is 0.573 e. The van der Waals surface area contributed by atoms with Gasteiger partial charge in [-0.25, -0.2) is 4.39 Å². The summed E-state index contributed by atoms with van der Waals surface area (Å²) in [5.74, 6) is -1.93. The van der Waals surface area contributed by atoms with Crippen molar-refractivity contribution in [1.29, 1.82) is 0 Å². The highest BCUT2D eigenvalue weighted by Gasteiger charge is 2.34. The van der Waals surface area contributed by atoms with Gasteiger partial charge in [-0.3, -0.25) is 9.59 Å². The van der Waals surface area contributed by atoms with Crippen molar-refractivity contribution in [2.75, 3.05) is 13.1 Å². The molecule has 1 aliphatic heterocycles. The fraction of sp³-hybridized carbons (Fsp3) is 0.368. The zero-order chi connectivity index (χ0) is 23.5. The number of benzene rings is 1. The molecule has 32 heavy (non-hydrogen) atoms. The first-order chi connectivity index (χ1) is 15.0. The molecule has 2 amide bonds. The Hall–Kier alpha value is -3.15. The third-order valence-corrected chi connectivity index (χ3v) is 4.79. The summed E-state index contributed by atoms with van der Waals surface area (Å²) in [6.07, 6.45) is -7.41. The molecule has 2 N–H and O–H groups in total. The molecular formula is C19H17ClF4N4O4. The van der Waals surface area contributed by atoms with Crippen LogP contribution in [0.2, 0.25) is 5.15 Å². The number of nitrogens with two attached hydrogens (primary N) is 1. The molecule has 1 aliphatic rings. The number of primary amides is 1. The minimum absolute atomic E-state index is 0.0821. The molecule has 1 saturated heterocycles. The van der Waals surface area contributed by atoms with Crippen LogP contribution < -0.4 is 15.2 Å². The van der Waals surface area contributed by atoms with E-state index in [0.717, 1.165) is 18.2 Å². The summed E-state index contributed by atoms with van der Waals surface area (Å²) in [4.78, 5) is 25.3. The molecule has 2 atom stereocenters. The summed E-state index contributed by atoms with van der Waals surface area (Å²) in [5.41, 5.74) is 5.54. The van der Waals surface area contributed by atoms with Crippen LogP contribution in [0.4, 0.5) is 17.6 Å². The van der Waals surface area contributed by atoms with Crippen molar-refractivity contribution >= 4 is 23.4 Å². The lowest BCUT2D eigenvalue weighted by atomic mass is 10.0. The monoisotopic (exact) mass is 476 g/mol. The van der Waals surface area contributed by atoms with Crippen molar-refractivity contribution in [2.24, 2.45) is 5.73 Å². The Morgan fingerprint density at radius 2 is 1.91 bits per heavy atom. The fourth-order valence-corrected chi connectivity index (χ4v) is 3.25. The first-order valence-electron chi connectivity index (χ1n) is 9.28. The summed E-state index contributed by atoms with van der Waals surface area (Å²) >= 11 is 5.68. The lowest BCUT2D eigenvalue weighted by Gasteiger charge is -2.34. The van der Waals surface area contributed by atoms with Crippen LogP contribution in [0.25, 0.3) is 0 Å². The van der Waals surface area contributed by atoms with Crippen LogP contribution in [0.5, 0.6) is 11.6 Å². The molecule has 3 rings (SSSR count). The van der Waals surface area contributed by atoms with Crippen molar-refractivity contribution in [3.05, 3.63) is 46.6 Å². The highest BCUT2D eigenvalue weighted by Crippen LogP contribution is 2.25. The van der Waals surface area contributed by atoms with Crippen molar-refractivity contribution in [1.82, 2.24) is 15.1 Å². The van der Waals surface area contributed by atoms with E-state index in [1.54, 1.807) is 0 Å². The Morgan fingerprint density at radius 3 is 2.50 bits per heavy atom. The van der Waals surface area contributed by atoms with Gasteiger partial charge in [-0.15, -0.1) is 23.4 Å². The predicted octanol–water partition coefficient (Wildman–Crippen LogP) is 2.69. The Bertz CT molecular complexity index is 990. The molecule has 8 nitrogen and oxygen atoms in total. The second kappa shape index (κ2) is 9.55. The van der Waals surface area contributed by atoms with Crippen molar-refractivity contribution in [3.8, 4) is 11.6 Å². The standard InChI is InChI=1S/C19H17ClF4N4O4/c20-15-8-12(17(25)30)18(27-26-15)31-14-5-6-28(9-13(14)21)16(29)7-10-1-3-11(4-2-10)32-19(22,23)24/h1-4,8,13-14H,5-7,9H2,(H2,25,30)/t13-,14-/m1/s1. The minimum atomic E-state index is -4.81. The van der Waals surface area contributed by atoms with E-state index in [9.17, 15) is 27.2 Å². The molecule has 172 valence electrons. The molecule has 0 bridgehead atoms. The van der Waals surface area contributed by atoms with E-state index in [2.05, 4.69) is 14.9 Å². The number of aromatic nitrogens is 2. The molecule has 0 saturated carbocycles. The van der Waals surface area contributed by atoms with E-state index in [0.29, 0.717) is 5.56 Å². The molecule has 0 aliphatic carbocycles. The summed E-state index contributed by atoms with van der Waals surface area (Å²) in [5, 5.41) is 7.11. The second-order valence-electron chi connectivity index (χ2n) is 6.92. The van der Waals surface area contributed by atoms with Crippen molar-refractivity contribution < 1.29 is 36.6 Å². The first kappa shape index (κ1) is 23.5. The van der Waals surface area contributed by atoms with Gasteiger partial charge in [0.25, 0.3) is 5.91 Å². The lowest BCUT2D eigenvalue weighted by Crippen LogP contribution is -2.49. The Kier molecular flexibility index (Phi) is 7.02. The number of likely N-dealkylation sites (tertiary alicyclic amines) is 1. The molecule has 0 radical (unpaired) electrons. The number of hydrogen-bond acceptors (Lipinski definition) is 6. The van der Waals surface area contributed by atoms with Crippen LogP contribution in [0, 0.1) is 0 Å². The number of amides is 2. The smallest absolute Gasteiger partial charge is 0.469 e. The van der Waals surface area contributed by atoms with Crippen molar-refractivity contribution in [3.63, 3.8) is 0 Å². The van der Waals surface area contributed by atoms with Crippen LogP contribution in [0.15, 0.2) is 30.3 Å². The average molecular weight is 477 g/mol. The van der Waals surface area contributed by atoms with E-state index < -0.39 is 36.2 Å². The van der Waals surface area contributed by atoms with Crippen LogP contribution >= 0.6 is 11.6 Å². The number of rotatable bonds is 6. The molecule has 1 aromatic carbocycles. The zero-order valence-corrected chi connectivity index (χ0v) is 17.1. The number of carbonyl (C=O) groups excluding carboxylic acids is 2. The Morgan fingerprint density at radius 1 is 1.22 bits per heavy atom. The summed E-state index contributed by atoms with van der Waals surface area (Å²) < 4.78 is 60.6. The van der Waals surface area contributed by atoms with Crippen molar-refractivity contribution in [2.45, 2.75) is 31.5 Å². The third kappa shape index (κ3) is 6.19. The second-order valence-corrected chi connectivity index (χ2v) is 7.31. The topological polar surface area (TPSA) is 108 Å². The molecule has 13 heteroatoms. The van der Waals surface area contributed by atoms with E-state index in [4.69, 9.17) is 22.1 Å². The van der Waals surface area contributed by atoms with Gasteiger partial charge < -0.3 is 20.1 Å². The maximum absolute atomic E-state index is 14.7.